The van der Waals surface area contributed by atoms with E-state index in [1.807, 2.05) is 6.07 Å². The minimum atomic E-state index is -0.452. The maximum Gasteiger partial charge on any atom is 0.256 e. The van der Waals surface area contributed by atoms with Gasteiger partial charge >= 0.3 is 0 Å². The van der Waals surface area contributed by atoms with Crippen molar-refractivity contribution in [3.8, 4) is 11.6 Å². The highest BCUT2D eigenvalue weighted by atomic mass is 35.5. The molecule has 1 aromatic carbocycles. The Morgan fingerprint density at radius 3 is 2.63 bits per heavy atom. The van der Waals surface area contributed by atoms with Gasteiger partial charge in [-0.3, -0.25) is 0 Å². The van der Waals surface area contributed by atoms with Crippen LogP contribution in [-0.2, 0) is 0 Å². The van der Waals surface area contributed by atoms with E-state index in [0.717, 1.165) is 5.56 Å². The second-order valence-corrected chi connectivity index (χ2v) is 5.09. The van der Waals surface area contributed by atoms with E-state index in [9.17, 15) is 4.39 Å². The van der Waals surface area contributed by atoms with Crippen LogP contribution in [0.4, 0.5) is 4.39 Å². The van der Waals surface area contributed by atoms with Gasteiger partial charge in [0, 0.05) is 11.2 Å². The first-order valence-corrected chi connectivity index (χ1v) is 6.45. The standard InChI is InChI=1S/C15H15ClFNO/c1-9(2)12-5-4-11(8-13(12)16)19-15-14(17)10(3)6-7-18-15/h4-9H,1-3H3. The molecule has 0 aliphatic carbocycles. The van der Waals surface area contributed by atoms with E-state index in [-0.39, 0.29) is 5.88 Å². The van der Waals surface area contributed by atoms with Crippen LogP contribution in [0.25, 0.3) is 0 Å². The fourth-order valence-electron chi connectivity index (χ4n) is 1.74. The number of nitrogens with zero attached hydrogens (tertiary/aromatic N) is 1. The molecule has 2 rings (SSSR count). The van der Waals surface area contributed by atoms with Gasteiger partial charge in [-0.05, 0) is 42.2 Å². The molecule has 0 unspecified atom stereocenters. The highest BCUT2D eigenvalue weighted by molar-refractivity contribution is 6.31. The number of ether oxygens (including phenoxy) is 1. The monoisotopic (exact) mass is 279 g/mol. The molecule has 1 aromatic heterocycles. The first-order valence-electron chi connectivity index (χ1n) is 6.07. The summed E-state index contributed by atoms with van der Waals surface area (Å²) in [6.07, 6.45) is 1.51. The molecular weight excluding hydrogens is 265 g/mol. The average Bonchev–Trinajstić information content (AvgIpc) is 2.34. The molecule has 0 spiro atoms. The van der Waals surface area contributed by atoms with Gasteiger partial charge < -0.3 is 4.74 Å². The van der Waals surface area contributed by atoms with Crippen molar-refractivity contribution in [2.24, 2.45) is 0 Å². The largest absolute Gasteiger partial charge is 0.436 e. The minimum absolute atomic E-state index is 0.0339. The van der Waals surface area contributed by atoms with Crippen LogP contribution in [0.5, 0.6) is 11.6 Å². The molecule has 0 aliphatic rings. The van der Waals surface area contributed by atoms with Gasteiger partial charge in [-0.25, -0.2) is 9.37 Å². The number of hydrogen-bond acceptors (Lipinski definition) is 2. The summed E-state index contributed by atoms with van der Waals surface area (Å²) in [5.74, 6) is 0.321. The summed E-state index contributed by atoms with van der Waals surface area (Å²) in [4.78, 5) is 3.88. The highest BCUT2D eigenvalue weighted by Gasteiger charge is 2.11. The average molecular weight is 280 g/mol. The first-order chi connectivity index (χ1) is 8.99. The lowest BCUT2D eigenvalue weighted by atomic mass is 10.0. The second kappa shape index (κ2) is 5.57. The lowest BCUT2D eigenvalue weighted by Gasteiger charge is -2.11. The number of benzene rings is 1. The Morgan fingerprint density at radius 1 is 1.26 bits per heavy atom. The normalized spacial score (nSPS) is 10.8. The van der Waals surface area contributed by atoms with Crippen molar-refractivity contribution in [3.63, 3.8) is 0 Å². The van der Waals surface area contributed by atoms with Gasteiger partial charge in [0.2, 0.25) is 0 Å². The fraction of sp³-hybridized carbons (Fsp3) is 0.267. The minimum Gasteiger partial charge on any atom is -0.436 e. The van der Waals surface area contributed by atoms with Crippen molar-refractivity contribution in [1.29, 1.82) is 0 Å². The Hall–Kier alpha value is -1.61. The molecule has 0 radical (unpaired) electrons. The summed E-state index contributed by atoms with van der Waals surface area (Å²) in [5, 5.41) is 0.612. The van der Waals surface area contributed by atoms with Crippen molar-refractivity contribution < 1.29 is 9.13 Å². The fourth-order valence-corrected chi connectivity index (χ4v) is 2.13. The van der Waals surface area contributed by atoms with Gasteiger partial charge in [0.05, 0.1) is 0 Å². The molecule has 19 heavy (non-hydrogen) atoms. The molecule has 1 heterocycles. The van der Waals surface area contributed by atoms with E-state index in [4.69, 9.17) is 16.3 Å². The third kappa shape index (κ3) is 3.04. The summed E-state index contributed by atoms with van der Waals surface area (Å²) >= 11 is 6.17. The number of rotatable bonds is 3. The van der Waals surface area contributed by atoms with Crippen molar-refractivity contribution in [3.05, 3.63) is 52.4 Å². The Balaban J connectivity index is 2.29. The molecule has 0 N–H and O–H groups in total. The summed E-state index contributed by atoms with van der Waals surface area (Å²) in [5.41, 5.74) is 1.53. The molecule has 0 amide bonds. The number of hydrogen-bond donors (Lipinski definition) is 0. The van der Waals surface area contributed by atoms with Crippen LogP contribution in [0.3, 0.4) is 0 Å². The lowest BCUT2D eigenvalue weighted by molar-refractivity contribution is 0.420. The van der Waals surface area contributed by atoms with Gasteiger partial charge in [0.25, 0.3) is 5.88 Å². The van der Waals surface area contributed by atoms with E-state index in [1.54, 1.807) is 25.1 Å². The van der Waals surface area contributed by atoms with Crippen LogP contribution in [0, 0.1) is 12.7 Å². The molecular formula is C15H15ClFNO. The molecule has 0 fully saturated rings. The molecule has 0 bridgehead atoms. The second-order valence-electron chi connectivity index (χ2n) is 4.69. The molecule has 0 atom stereocenters. The number of halogens is 2. The van der Waals surface area contributed by atoms with Crippen molar-refractivity contribution in [2.45, 2.75) is 26.7 Å². The summed E-state index contributed by atoms with van der Waals surface area (Å²) in [6, 6.07) is 6.93. The molecule has 0 saturated carbocycles. The maximum absolute atomic E-state index is 13.8. The lowest BCUT2D eigenvalue weighted by Crippen LogP contribution is -1.95. The van der Waals surface area contributed by atoms with Crippen LogP contribution < -0.4 is 4.74 Å². The number of aromatic nitrogens is 1. The Labute approximate surface area is 117 Å². The predicted octanol–water partition coefficient (Wildman–Crippen LogP) is 5.10. The molecule has 0 aliphatic heterocycles. The first kappa shape index (κ1) is 13.8. The van der Waals surface area contributed by atoms with Crippen LogP contribution >= 0.6 is 11.6 Å². The molecule has 0 saturated heterocycles. The third-order valence-electron chi connectivity index (χ3n) is 2.86. The van der Waals surface area contributed by atoms with E-state index in [0.29, 0.717) is 22.3 Å². The van der Waals surface area contributed by atoms with E-state index >= 15 is 0 Å². The van der Waals surface area contributed by atoms with Crippen LogP contribution in [-0.4, -0.2) is 4.98 Å². The number of aryl methyl sites for hydroxylation is 1. The maximum atomic E-state index is 13.8. The summed E-state index contributed by atoms with van der Waals surface area (Å²) in [7, 11) is 0. The third-order valence-corrected chi connectivity index (χ3v) is 3.19. The molecule has 4 heteroatoms. The Morgan fingerprint density at radius 2 is 2.00 bits per heavy atom. The smallest absolute Gasteiger partial charge is 0.256 e. The Kier molecular flexibility index (Phi) is 4.05. The zero-order chi connectivity index (χ0) is 14.0. The van der Waals surface area contributed by atoms with Crippen LogP contribution in [0.15, 0.2) is 30.5 Å². The molecule has 100 valence electrons. The van der Waals surface area contributed by atoms with E-state index in [1.165, 1.54) is 6.20 Å². The molecule has 2 nitrogen and oxygen atoms in total. The van der Waals surface area contributed by atoms with Gasteiger partial charge in [0.1, 0.15) is 5.75 Å². The van der Waals surface area contributed by atoms with Gasteiger partial charge in [-0.15, -0.1) is 0 Å². The SMILES string of the molecule is Cc1ccnc(Oc2ccc(C(C)C)c(Cl)c2)c1F. The summed E-state index contributed by atoms with van der Waals surface area (Å²) < 4.78 is 19.2. The van der Waals surface area contributed by atoms with E-state index in [2.05, 4.69) is 18.8 Å². The summed E-state index contributed by atoms with van der Waals surface area (Å²) in [6.45, 7) is 5.78. The van der Waals surface area contributed by atoms with E-state index < -0.39 is 5.82 Å². The van der Waals surface area contributed by atoms with Crippen molar-refractivity contribution in [2.75, 3.05) is 0 Å². The quantitative estimate of drug-likeness (QED) is 0.780. The molecule has 2 aromatic rings. The predicted molar refractivity (Wildman–Crippen MR) is 74.5 cm³/mol. The topological polar surface area (TPSA) is 22.1 Å². The van der Waals surface area contributed by atoms with Crippen LogP contribution in [0.2, 0.25) is 5.02 Å². The van der Waals surface area contributed by atoms with Crippen molar-refractivity contribution in [1.82, 2.24) is 4.98 Å². The zero-order valence-corrected chi connectivity index (χ0v) is 11.8. The van der Waals surface area contributed by atoms with Gasteiger partial charge in [-0.2, -0.15) is 0 Å². The number of pyridine rings is 1. The van der Waals surface area contributed by atoms with Gasteiger partial charge in [0.15, 0.2) is 5.82 Å². The Bertz CT molecular complexity index is 599. The van der Waals surface area contributed by atoms with Crippen LogP contribution in [0.1, 0.15) is 30.9 Å². The zero-order valence-electron chi connectivity index (χ0n) is 11.1. The highest BCUT2D eigenvalue weighted by Crippen LogP contribution is 2.31. The van der Waals surface area contributed by atoms with Crippen molar-refractivity contribution >= 4 is 11.6 Å². The van der Waals surface area contributed by atoms with Gasteiger partial charge in [-0.1, -0.05) is 31.5 Å².